The fourth-order valence-electron chi connectivity index (χ4n) is 1.83. The summed E-state index contributed by atoms with van der Waals surface area (Å²) in [6.45, 7) is 9.73. The van der Waals surface area contributed by atoms with Crippen LogP contribution in [0.25, 0.3) is 0 Å². The van der Waals surface area contributed by atoms with Gasteiger partial charge in [-0.1, -0.05) is 20.8 Å². The molecule has 114 valence electrons. The predicted octanol–water partition coefficient (Wildman–Crippen LogP) is 1.68. The number of nitrogens with two attached hydrogens (primary N) is 1. The molecule has 0 aromatic carbocycles. The van der Waals surface area contributed by atoms with Crippen molar-refractivity contribution in [2.24, 2.45) is 5.84 Å². The SMILES string of the molecule is Cc1cnn(CCNc2cc(NN)nc(C(C)(C)C)n2)c1. The molecular weight excluding hydrogens is 266 g/mol. The first-order valence-corrected chi connectivity index (χ1v) is 6.97. The molecule has 0 radical (unpaired) electrons. The molecule has 0 atom stereocenters. The summed E-state index contributed by atoms with van der Waals surface area (Å²) in [6.07, 6.45) is 3.86. The molecule has 0 aliphatic carbocycles. The Bertz CT molecular complexity index is 598. The highest BCUT2D eigenvalue weighted by Crippen LogP contribution is 2.21. The molecule has 0 unspecified atom stereocenters. The normalized spacial score (nSPS) is 11.5. The van der Waals surface area contributed by atoms with Gasteiger partial charge in [0.2, 0.25) is 0 Å². The molecule has 2 aromatic heterocycles. The summed E-state index contributed by atoms with van der Waals surface area (Å²) in [7, 11) is 0. The van der Waals surface area contributed by atoms with E-state index < -0.39 is 0 Å². The first-order valence-electron chi connectivity index (χ1n) is 6.97. The minimum absolute atomic E-state index is 0.137. The van der Waals surface area contributed by atoms with Crippen LogP contribution in [0.15, 0.2) is 18.5 Å². The zero-order chi connectivity index (χ0) is 15.5. The number of aryl methyl sites for hydroxylation is 1. The highest BCUT2D eigenvalue weighted by molar-refractivity contribution is 5.47. The Labute approximate surface area is 124 Å². The van der Waals surface area contributed by atoms with Gasteiger partial charge in [0.1, 0.15) is 17.5 Å². The molecule has 0 aliphatic rings. The molecule has 2 heterocycles. The quantitative estimate of drug-likeness (QED) is 0.573. The second kappa shape index (κ2) is 6.09. The summed E-state index contributed by atoms with van der Waals surface area (Å²) in [4.78, 5) is 8.93. The van der Waals surface area contributed by atoms with Gasteiger partial charge >= 0.3 is 0 Å². The summed E-state index contributed by atoms with van der Waals surface area (Å²) in [5.74, 6) is 7.58. The van der Waals surface area contributed by atoms with Gasteiger partial charge in [-0.25, -0.2) is 15.8 Å². The van der Waals surface area contributed by atoms with Crippen LogP contribution in [0.2, 0.25) is 0 Å². The van der Waals surface area contributed by atoms with E-state index in [4.69, 9.17) is 5.84 Å². The average molecular weight is 289 g/mol. The van der Waals surface area contributed by atoms with E-state index in [9.17, 15) is 0 Å². The number of nitrogen functional groups attached to an aromatic ring is 1. The van der Waals surface area contributed by atoms with E-state index in [2.05, 4.69) is 46.6 Å². The van der Waals surface area contributed by atoms with Crippen molar-refractivity contribution in [2.45, 2.75) is 39.7 Å². The number of nitrogens with zero attached hydrogens (tertiary/aromatic N) is 4. The van der Waals surface area contributed by atoms with Gasteiger partial charge in [-0.05, 0) is 12.5 Å². The van der Waals surface area contributed by atoms with Gasteiger partial charge in [-0.3, -0.25) is 4.68 Å². The Morgan fingerprint density at radius 1 is 1.24 bits per heavy atom. The van der Waals surface area contributed by atoms with Crippen molar-refractivity contribution in [1.29, 1.82) is 0 Å². The number of hydrogen-bond acceptors (Lipinski definition) is 6. The number of anilines is 2. The minimum atomic E-state index is -0.137. The third-order valence-corrected chi connectivity index (χ3v) is 2.95. The van der Waals surface area contributed by atoms with Gasteiger partial charge in [0, 0.05) is 24.2 Å². The van der Waals surface area contributed by atoms with Gasteiger partial charge in [-0.2, -0.15) is 5.10 Å². The van der Waals surface area contributed by atoms with Crippen molar-refractivity contribution in [1.82, 2.24) is 19.7 Å². The maximum absolute atomic E-state index is 5.47. The van der Waals surface area contributed by atoms with Gasteiger partial charge in [0.25, 0.3) is 0 Å². The van der Waals surface area contributed by atoms with E-state index in [-0.39, 0.29) is 5.41 Å². The zero-order valence-corrected chi connectivity index (χ0v) is 13.0. The summed E-state index contributed by atoms with van der Waals surface area (Å²) in [5, 5.41) is 7.53. The number of aromatic nitrogens is 4. The van der Waals surface area contributed by atoms with Crippen molar-refractivity contribution in [2.75, 3.05) is 17.3 Å². The zero-order valence-electron chi connectivity index (χ0n) is 13.0. The van der Waals surface area contributed by atoms with Crippen LogP contribution in [0.1, 0.15) is 32.2 Å². The third kappa shape index (κ3) is 4.16. The van der Waals surface area contributed by atoms with Crippen LogP contribution >= 0.6 is 0 Å². The molecular formula is C14H23N7. The van der Waals surface area contributed by atoms with Gasteiger partial charge in [-0.15, -0.1) is 0 Å². The van der Waals surface area contributed by atoms with Crippen LogP contribution in [0, 0.1) is 6.92 Å². The van der Waals surface area contributed by atoms with Crippen molar-refractivity contribution in [3.8, 4) is 0 Å². The lowest BCUT2D eigenvalue weighted by molar-refractivity contribution is 0.546. The predicted molar refractivity (Wildman–Crippen MR) is 84.0 cm³/mol. The van der Waals surface area contributed by atoms with Crippen molar-refractivity contribution in [3.05, 3.63) is 29.8 Å². The van der Waals surface area contributed by atoms with Gasteiger partial charge in [0.05, 0.1) is 12.7 Å². The molecule has 0 saturated carbocycles. The first kappa shape index (κ1) is 15.2. The summed E-state index contributed by atoms with van der Waals surface area (Å²) in [5.41, 5.74) is 3.60. The fourth-order valence-corrected chi connectivity index (χ4v) is 1.83. The minimum Gasteiger partial charge on any atom is -0.368 e. The molecule has 0 bridgehead atoms. The lowest BCUT2D eigenvalue weighted by atomic mass is 9.96. The number of nitrogens with one attached hydrogen (secondary N) is 2. The van der Waals surface area contributed by atoms with E-state index in [1.807, 2.05) is 24.0 Å². The smallest absolute Gasteiger partial charge is 0.145 e. The van der Waals surface area contributed by atoms with E-state index in [0.29, 0.717) is 5.82 Å². The molecule has 21 heavy (non-hydrogen) atoms. The van der Waals surface area contributed by atoms with Crippen molar-refractivity contribution in [3.63, 3.8) is 0 Å². The highest BCUT2D eigenvalue weighted by atomic mass is 15.3. The van der Waals surface area contributed by atoms with E-state index in [1.165, 1.54) is 0 Å². The highest BCUT2D eigenvalue weighted by Gasteiger charge is 2.18. The Kier molecular flexibility index (Phi) is 4.42. The lowest BCUT2D eigenvalue weighted by Gasteiger charge is -2.18. The Morgan fingerprint density at radius 2 is 1.95 bits per heavy atom. The molecule has 0 fully saturated rings. The Balaban J connectivity index is 2.05. The molecule has 0 amide bonds. The molecule has 0 aliphatic heterocycles. The maximum atomic E-state index is 5.47. The van der Waals surface area contributed by atoms with Crippen molar-refractivity contribution < 1.29 is 0 Å². The Hall–Kier alpha value is -2.15. The second-order valence-corrected chi connectivity index (χ2v) is 6.06. The van der Waals surface area contributed by atoms with Crippen molar-refractivity contribution >= 4 is 11.6 Å². The lowest BCUT2D eigenvalue weighted by Crippen LogP contribution is -2.20. The molecule has 2 aromatic rings. The number of rotatable bonds is 5. The monoisotopic (exact) mass is 289 g/mol. The number of hydrazine groups is 1. The second-order valence-electron chi connectivity index (χ2n) is 6.06. The van der Waals surface area contributed by atoms with E-state index in [0.717, 1.165) is 30.3 Å². The summed E-state index contributed by atoms with van der Waals surface area (Å²) >= 11 is 0. The molecule has 7 heteroatoms. The van der Waals surface area contributed by atoms with Gasteiger partial charge in [0.15, 0.2) is 0 Å². The van der Waals surface area contributed by atoms with E-state index >= 15 is 0 Å². The Morgan fingerprint density at radius 3 is 2.52 bits per heavy atom. The maximum Gasteiger partial charge on any atom is 0.145 e. The third-order valence-electron chi connectivity index (χ3n) is 2.95. The topological polar surface area (TPSA) is 93.7 Å². The summed E-state index contributed by atoms with van der Waals surface area (Å²) < 4.78 is 1.90. The molecule has 7 nitrogen and oxygen atoms in total. The van der Waals surface area contributed by atoms with Crippen LogP contribution in [0.4, 0.5) is 11.6 Å². The van der Waals surface area contributed by atoms with E-state index in [1.54, 1.807) is 6.07 Å². The number of hydrogen-bond donors (Lipinski definition) is 3. The van der Waals surface area contributed by atoms with Crippen LogP contribution in [0.5, 0.6) is 0 Å². The molecule has 4 N–H and O–H groups in total. The van der Waals surface area contributed by atoms with Gasteiger partial charge < -0.3 is 10.7 Å². The van der Waals surface area contributed by atoms with Crippen LogP contribution < -0.4 is 16.6 Å². The summed E-state index contributed by atoms with van der Waals surface area (Å²) in [6, 6.07) is 1.80. The molecule has 0 saturated heterocycles. The van der Waals surface area contributed by atoms with Crippen LogP contribution in [-0.4, -0.2) is 26.3 Å². The molecule has 2 rings (SSSR count). The molecule has 0 spiro atoms. The largest absolute Gasteiger partial charge is 0.368 e. The average Bonchev–Trinajstić information content (AvgIpc) is 2.83. The fraction of sp³-hybridized carbons (Fsp3) is 0.500. The standard InChI is InChI=1S/C14H23N7/c1-10-8-17-21(9-10)6-5-16-11-7-12(20-15)19-13(18-11)14(2,3)4/h7-9H,5-6,15H2,1-4H3,(H2,16,18,19,20). The van der Waals surface area contributed by atoms with Crippen LogP contribution in [0.3, 0.4) is 0 Å². The van der Waals surface area contributed by atoms with Crippen LogP contribution in [-0.2, 0) is 12.0 Å². The first-order chi connectivity index (χ1) is 9.88.